The molecule has 1 fully saturated rings. The molecule has 0 aliphatic carbocycles. The van der Waals surface area contributed by atoms with Crippen LogP contribution in [0.15, 0.2) is 18.5 Å². The zero-order chi connectivity index (χ0) is 13.5. The molecule has 5 nitrogen and oxygen atoms in total. The van der Waals surface area contributed by atoms with Crippen molar-refractivity contribution in [2.75, 3.05) is 18.5 Å². The standard InChI is InChI=1S/C14H20N4O/c1-14(2,3)12-8-11-13(15-5-6-18(11)17-12)16-10-4-7-19-9-10/h5-6,8,10H,4,7,9H2,1-3H3,(H,15,16). The predicted octanol–water partition coefficient (Wildman–Crippen LogP) is 2.23. The van der Waals surface area contributed by atoms with Gasteiger partial charge < -0.3 is 10.1 Å². The van der Waals surface area contributed by atoms with Gasteiger partial charge in [0.2, 0.25) is 0 Å². The zero-order valence-corrected chi connectivity index (χ0v) is 11.7. The van der Waals surface area contributed by atoms with E-state index in [0.717, 1.165) is 36.7 Å². The van der Waals surface area contributed by atoms with Gasteiger partial charge in [0, 0.05) is 24.4 Å². The molecule has 5 heteroatoms. The van der Waals surface area contributed by atoms with Crippen LogP contribution in [0, 0.1) is 0 Å². The molecular formula is C14H20N4O. The molecule has 2 aromatic rings. The smallest absolute Gasteiger partial charge is 0.152 e. The van der Waals surface area contributed by atoms with Gasteiger partial charge >= 0.3 is 0 Å². The number of rotatable bonds is 2. The molecule has 1 N–H and O–H groups in total. The Bertz CT molecular complexity index is 579. The first-order chi connectivity index (χ1) is 9.04. The van der Waals surface area contributed by atoms with E-state index in [2.05, 4.69) is 42.2 Å². The van der Waals surface area contributed by atoms with E-state index < -0.39 is 0 Å². The Morgan fingerprint density at radius 3 is 2.95 bits per heavy atom. The van der Waals surface area contributed by atoms with Gasteiger partial charge in [-0.2, -0.15) is 5.10 Å². The van der Waals surface area contributed by atoms with Gasteiger partial charge in [-0.3, -0.25) is 0 Å². The number of nitrogens with zero attached hydrogens (tertiary/aromatic N) is 3. The molecule has 0 spiro atoms. The first-order valence-electron chi connectivity index (χ1n) is 6.73. The maximum Gasteiger partial charge on any atom is 0.152 e. The number of nitrogens with one attached hydrogen (secondary N) is 1. The van der Waals surface area contributed by atoms with Crippen molar-refractivity contribution >= 4 is 11.3 Å². The molecule has 102 valence electrons. The minimum atomic E-state index is 0.0414. The summed E-state index contributed by atoms with van der Waals surface area (Å²) in [7, 11) is 0. The van der Waals surface area contributed by atoms with Crippen LogP contribution in [0.25, 0.3) is 5.52 Å². The fourth-order valence-electron chi connectivity index (χ4n) is 2.24. The van der Waals surface area contributed by atoms with Gasteiger partial charge in [-0.05, 0) is 12.5 Å². The largest absolute Gasteiger partial charge is 0.379 e. The summed E-state index contributed by atoms with van der Waals surface area (Å²) in [6, 6.07) is 2.47. The molecule has 0 radical (unpaired) electrons. The summed E-state index contributed by atoms with van der Waals surface area (Å²) in [5, 5.41) is 8.08. The van der Waals surface area contributed by atoms with Crippen LogP contribution in [0.4, 0.5) is 5.82 Å². The number of anilines is 1. The maximum absolute atomic E-state index is 5.39. The van der Waals surface area contributed by atoms with Crippen LogP contribution >= 0.6 is 0 Å². The molecule has 1 atom stereocenters. The third kappa shape index (κ3) is 2.42. The van der Waals surface area contributed by atoms with E-state index >= 15 is 0 Å². The summed E-state index contributed by atoms with van der Waals surface area (Å²) in [6.07, 6.45) is 4.70. The van der Waals surface area contributed by atoms with Crippen molar-refractivity contribution in [3.63, 3.8) is 0 Å². The van der Waals surface area contributed by atoms with Crippen molar-refractivity contribution in [2.45, 2.75) is 38.6 Å². The van der Waals surface area contributed by atoms with E-state index in [-0.39, 0.29) is 5.41 Å². The summed E-state index contributed by atoms with van der Waals surface area (Å²) in [6.45, 7) is 8.08. The van der Waals surface area contributed by atoms with Crippen molar-refractivity contribution in [3.8, 4) is 0 Å². The van der Waals surface area contributed by atoms with Crippen LogP contribution in [0.1, 0.15) is 32.9 Å². The van der Waals surface area contributed by atoms with Crippen LogP contribution in [0.5, 0.6) is 0 Å². The Balaban J connectivity index is 1.97. The quantitative estimate of drug-likeness (QED) is 0.899. The zero-order valence-electron chi connectivity index (χ0n) is 11.7. The maximum atomic E-state index is 5.39. The number of hydrogen-bond acceptors (Lipinski definition) is 4. The summed E-state index contributed by atoms with van der Waals surface area (Å²) < 4.78 is 7.28. The molecule has 3 rings (SSSR count). The molecule has 1 saturated heterocycles. The highest BCUT2D eigenvalue weighted by Crippen LogP contribution is 2.25. The van der Waals surface area contributed by atoms with Gasteiger partial charge in [-0.15, -0.1) is 0 Å². The highest BCUT2D eigenvalue weighted by Gasteiger charge is 2.21. The van der Waals surface area contributed by atoms with E-state index in [4.69, 9.17) is 4.74 Å². The summed E-state index contributed by atoms with van der Waals surface area (Å²) in [5.74, 6) is 0.890. The fourth-order valence-corrected chi connectivity index (χ4v) is 2.24. The Morgan fingerprint density at radius 2 is 2.26 bits per heavy atom. The lowest BCUT2D eigenvalue weighted by molar-refractivity contribution is 0.195. The second-order valence-corrected chi connectivity index (χ2v) is 6.09. The average Bonchev–Trinajstić information content (AvgIpc) is 2.96. The molecule has 3 heterocycles. The first-order valence-corrected chi connectivity index (χ1v) is 6.73. The van der Waals surface area contributed by atoms with Gasteiger partial charge in [0.25, 0.3) is 0 Å². The summed E-state index contributed by atoms with van der Waals surface area (Å²) in [5.41, 5.74) is 2.14. The lowest BCUT2D eigenvalue weighted by Crippen LogP contribution is -2.20. The Labute approximate surface area is 113 Å². The molecule has 1 aliphatic rings. The lowest BCUT2D eigenvalue weighted by atomic mass is 9.92. The van der Waals surface area contributed by atoms with E-state index in [0.29, 0.717) is 6.04 Å². The van der Waals surface area contributed by atoms with E-state index in [1.807, 2.05) is 10.7 Å². The molecule has 0 aromatic carbocycles. The highest BCUT2D eigenvalue weighted by molar-refractivity contribution is 5.68. The van der Waals surface area contributed by atoms with Gasteiger partial charge in [0.05, 0.1) is 18.3 Å². The fraction of sp³-hybridized carbons (Fsp3) is 0.571. The lowest BCUT2D eigenvalue weighted by Gasteiger charge is -2.13. The van der Waals surface area contributed by atoms with Crippen molar-refractivity contribution < 1.29 is 4.74 Å². The number of fused-ring (bicyclic) bond motifs is 1. The Hall–Kier alpha value is -1.62. The summed E-state index contributed by atoms with van der Waals surface area (Å²) in [4.78, 5) is 4.44. The van der Waals surface area contributed by atoms with E-state index in [1.54, 1.807) is 6.20 Å². The summed E-state index contributed by atoms with van der Waals surface area (Å²) >= 11 is 0. The predicted molar refractivity (Wildman–Crippen MR) is 74.5 cm³/mol. The molecule has 1 aliphatic heterocycles. The van der Waals surface area contributed by atoms with Crippen molar-refractivity contribution in [2.24, 2.45) is 0 Å². The van der Waals surface area contributed by atoms with Crippen molar-refractivity contribution in [1.82, 2.24) is 14.6 Å². The van der Waals surface area contributed by atoms with Gasteiger partial charge in [0.15, 0.2) is 5.82 Å². The molecule has 1 unspecified atom stereocenters. The van der Waals surface area contributed by atoms with Crippen LogP contribution < -0.4 is 5.32 Å². The second-order valence-electron chi connectivity index (χ2n) is 6.09. The minimum absolute atomic E-state index is 0.0414. The molecule has 0 amide bonds. The number of hydrogen-bond donors (Lipinski definition) is 1. The van der Waals surface area contributed by atoms with E-state index in [1.165, 1.54) is 0 Å². The number of aromatic nitrogens is 3. The molecular weight excluding hydrogens is 240 g/mol. The third-order valence-corrected chi connectivity index (χ3v) is 3.43. The average molecular weight is 260 g/mol. The Kier molecular flexibility index (Phi) is 2.93. The third-order valence-electron chi connectivity index (χ3n) is 3.43. The van der Waals surface area contributed by atoms with Gasteiger partial charge in [0.1, 0.15) is 5.52 Å². The number of ether oxygens (including phenoxy) is 1. The van der Waals surface area contributed by atoms with Crippen LogP contribution in [0.3, 0.4) is 0 Å². The van der Waals surface area contributed by atoms with Crippen LogP contribution in [0.2, 0.25) is 0 Å². The normalized spacial score (nSPS) is 20.1. The SMILES string of the molecule is CC(C)(C)c1cc2c(NC3CCOC3)nccn2n1. The monoisotopic (exact) mass is 260 g/mol. The topological polar surface area (TPSA) is 51.5 Å². The van der Waals surface area contributed by atoms with Gasteiger partial charge in [-0.25, -0.2) is 9.50 Å². The minimum Gasteiger partial charge on any atom is -0.379 e. The Morgan fingerprint density at radius 1 is 1.42 bits per heavy atom. The first kappa shape index (κ1) is 12.4. The van der Waals surface area contributed by atoms with Crippen molar-refractivity contribution in [3.05, 3.63) is 24.2 Å². The molecule has 19 heavy (non-hydrogen) atoms. The second kappa shape index (κ2) is 4.49. The van der Waals surface area contributed by atoms with Crippen LogP contribution in [-0.2, 0) is 10.2 Å². The highest BCUT2D eigenvalue weighted by atomic mass is 16.5. The molecule has 0 saturated carbocycles. The molecule has 2 aromatic heterocycles. The molecule has 0 bridgehead atoms. The van der Waals surface area contributed by atoms with Crippen LogP contribution in [-0.4, -0.2) is 33.9 Å². The van der Waals surface area contributed by atoms with E-state index in [9.17, 15) is 0 Å². The van der Waals surface area contributed by atoms with Crippen molar-refractivity contribution in [1.29, 1.82) is 0 Å². The van der Waals surface area contributed by atoms with Gasteiger partial charge in [-0.1, -0.05) is 20.8 Å².